The molecule has 0 atom stereocenters. The molecule has 0 aromatic heterocycles. The Balaban J connectivity index is 2.50. The van der Waals surface area contributed by atoms with E-state index >= 15 is 0 Å². The summed E-state index contributed by atoms with van der Waals surface area (Å²) < 4.78 is 19.6. The number of rotatable bonds is 3. The lowest BCUT2D eigenvalue weighted by molar-refractivity contribution is 0.274. The molecule has 2 rings (SSSR count). The van der Waals surface area contributed by atoms with Crippen LogP contribution in [0.25, 0.3) is 0 Å². The summed E-state index contributed by atoms with van der Waals surface area (Å²) in [4.78, 5) is 0. The first-order valence-electron chi connectivity index (χ1n) is 6.17. The summed E-state index contributed by atoms with van der Waals surface area (Å²) >= 11 is 0. The van der Waals surface area contributed by atoms with Gasteiger partial charge in [-0.3, -0.25) is 0 Å². The Morgan fingerprint density at radius 3 is 2.37 bits per heavy atom. The van der Waals surface area contributed by atoms with Crippen molar-refractivity contribution in [3.63, 3.8) is 0 Å². The minimum Gasteiger partial charge on any atom is -0.453 e. The fourth-order valence-corrected chi connectivity index (χ4v) is 1.98. The van der Waals surface area contributed by atoms with Crippen LogP contribution in [0.2, 0.25) is 0 Å². The van der Waals surface area contributed by atoms with Crippen LogP contribution in [0.3, 0.4) is 0 Å². The molecule has 19 heavy (non-hydrogen) atoms. The lowest BCUT2D eigenvalue weighted by Crippen LogP contribution is -1.99. The molecular weight excluding hydrogens is 243 g/mol. The number of aliphatic hydroxyl groups excluding tert-OH is 1. The highest BCUT2D eigenvalue weighted by Crippen LogP contribution is 2.34. The number of ether oxygens (including phenoxy) is 1. The van der Waals surface area contributed by atoms with Crippen LogP contribution < -0.4 is 4.74 Å². The maximum Gasteiger partial charge on any atom is 0.168 e. The van der Waals surface area contributed by atoms with Crippen molar-refractivity contribution in [2.75, 3.05) is 0 Å². The Bertz CT molecular complexity index is 606. The molecule has 3 heteroatoms. The maximum atomic E-state index is 13.9. The van der Waals surface area contributed by atoms with E-state index in [0.717, 1.165) is 16.7 Å². The van der Waals surface area contributed by atoms with Gasteiger partial charge in [-0.1, -0.05) is 24.3 Å². The number of para-hydroxylation sites is 1. The molecule has 0 radical (unpaired) electrons. The second-order valence-corrected chi connectivity index (χ2v) is 4.64. The Kier molecular flexibility index (Phi) is 3.86. The molecule has 0 saturated heterocycles. The molecule has 0 aliphatic heterocycles. The zero-order chi connectivity index (χ0) is 14.0. The van der Waals surface area contributed by atoms with Crippen molar-refractivity contribution in [2.24, 2.45) is 0 Å². The van der Waals surface area contributed by atoms with Gasteiger partial charge in [-0.15, -0.1) is 0 Å². The third kappa shape index (κ3) is 2.61. The molecule has 100 valence electrons. The molecule has 2 aromatic rings. The molecule has 0 aliphatic carbocycles. The second-order valence-electron chi connectivity index (χ2n) is 4.64. The second kappa shape index (κ2) is 5.41. The molecule has 2 aromatic carbocycles. The Morgan fingerprint density at radius 1 is 1.00 bits per heavy atom. The van der Waals surface area contributed by atoms with Crippen molar-refractivity contribution in [3.8, 4) is 11.5 Å². The average molecular weight is 260 g/mol. The van der Waals surface area contributed by atoms with Crippen molar-refractivity contribution in [2.45, 2.75) is 27.4 Å². The van der Waals surface area contributed by atoms with Gasteiger partial charge >= 0.3 is 0 Å². The van der Waals surface area contributed by atoms with Crippen LogP contribution in [-0.2, 0) is 6.61 Å². The molecule has 0 bridgehead atoms. The summed E-state index contributed by atoms with van der Waals surface area (Å²) in [7, 11) is 0. The van der Waals surface area contributed by atoms with Gasteiger partial charge in [-0.2, -0.15) is 0 Å². The van der Waals surface area contributed by atoms with Crippen molar-refractivity contribution in [1.29, 1.82) is 0 Å². The van der Waals surface area contributed by atoms with E-state index in [1.807, 2.05) is 32.9 Å². The first-order valence-corrected chi connectivity index (χ1v) is 6.17. The largest absolute Gasteiger partial charge is 0.453 e. The molecule has 0 aliphatic rings. The minimum atomic E-state index is -0.466. The molecule has 0 saturated carbocycles. The number of aryl methyl sites for hydroxylation is 2. The predicted octanol–water partition coefficient (Wildman–Crippen LogP) is 4.04. The van der Waals surface area contributed by atoms with Crippen molar-refractivity contribution < 1.29 is 14.2 Å². The van der Waals surface area contributed by atoms with Gasteiger partial charge in [0.15, 0.2) is 11.6 Å². The van der Waals surface area contributed by atoms with E-state index < -0.39 is 5.82 Å². The van der Waals surface area contributed by atoms with E-state index in [2.05, 4.69) is 0 Å². The monoisotopic (exact) mass is 260 g/mol. The summed E-state index contributed by atoms with van der Waals surface area (Å²) in [6.07, 6.45) is 0. The van der Waals surface area contributed by atoms with E-state index in [1.54, 1.807) is 12.1 Å². The lowest BCUT2D eigenvalue weighted by atomic mass is 10.1. The van der Waals surface area contributed by atoms with E-state index in [4.69, 9.17) is 4.74 Å². The average Bonchev–Trinajstić information content (AvgIpc) is 2.40. The third-order valence-corrected chi connectivity index (χ3v) is 3.30. The smallest absolute Gasteiger partial charge is 0.168 e. The molecule has 0 amide bonds. The SMILES string of the molecule is Cc1ccc(C)c(Oc2c(F)cccc2CO)c1C. The summed E-state index contributed by atoms with van der Waals surface area (Å²) in [5, 5.41) is 9.27. The van der Waals surface area contributed by atoms with Crippen LogP contribution in [0.1, 0.15) is 22.3 Å². The standard InChI is InChI=1S/C16H17FO2/c1-10-7-8-11(2)15(12(10)3)19-16-13(9-18)5-4-6-14(16)17/h4-8,18H,9H2,1-3H3. The topological polar surface area (TPSA) is 29.5 Å². The number of halogens is 1. The molecule has 0 heterocycles. The van der Waals surface area contributed by atoms with Gasteiger partial charge in [0.05, 0.1) is 6.61 Å². The lowest BCUT2D eigenvalue weighted by Gasteiger charge is -2.16. The summed E-state index contributed by atoms with van der Waals surface area (Å²) in [6, 6.07) is 8.49. The number of hydrogen-bond donors (Lipinski definition) is 1. The Hall–Kier alpha value is -1.87. The molecule has 0 unspecified atom stereocenters. The summed E-state index contributed by atoms with van der Waals surface area (Å²) in [5.41, 5.74) is 3.45. The Labute approximate surface area is 112 Å². The van der Waals surface area contributed by atoms with Crippen LogP contribution in [0.15, 0.2) is 30.3 Å². The van der Waals surface area contributed by atoms with Gasteiger partial charge in [-0.05, 0) is 43.5 Å². The molecule has 0 spiro atoms. The third-order valence-electron chi connectivity index (χ3n) is 3.30. The van der Waals surface area contributed by atoms with Gasteiger partial charge < -0.3 is 9.84 Å². The van der Waals surface area contributed by atoms with Gasteiger partial charge in [0.25, 0.3) is 0 Å². The zero-order valence-corrected chi connectivity index (χ0v) is 11.3. The summed E-state index contributed by atoms with van der Waals surface area (Å²) in [5.74, 6) is 0.286. The van der Waals surface area contributed by atoms with Crippen molar-refractivity contribution >= 4 is 0 Å². The van der Waals surface area contributed by atoms with Crippen LogP contribution in [0.5, 0.6) is 11.5 Å². The predicted molar refractivity (Wildman–Crippen MR) is 73.0 cm³/mol. The Morgan fingerprint density at radius 2 is 1.68 bits per heavy atom. The van der Waals surface area contributed by atoms with Gasteiger partial charge in [0.2, 0.25) is 0 Å². The van der Waals surface area contributed by atoms with E-state index in [-0.39, 0.29) is 12.4 Å². The van der Waals surface area contributed by atoms with E-state index in [1.165, 1.54) is 6.07 Å². The van der Waals surface area contributed by atoms with Crippen LogP contribution >= 0.6 is 0 Å². The molecule has 1 N–H and O–H groups in total. The van der Waals surface area contributed by atoms with Crippen LogP contribution in [-0.4, -0.2) is 5.11 Å². The van der Waals surface area contributed by atoms with Crippen LogP contribution in [0, 0.1) is 26.6 Å². The zero-order valence-electron chi connectivity index (χ0n) is 11.3. The minimum absolute atomic E-state index is 0.0989. The molecular formula is C16H17FO2. The molecule has 2 nitrogen and oxygen atoms in total. The van der Waals surface area contributed by atoms with Crippen molar-refractivity contribution in [1.82, 2.24) is 0 Å². The first kappa shape index (κ1) is 13.6. The quantitative estimate of drug-likeness (QED) is 0.902. The highest BCUT2D eigenvalue weighted by molar-refractivity contribution is 5.48. The highest BCUT2D eigenvalue weighted by atomic mass is 19.1. The van der Waals surface area contributed by atoms with Gasteiger partial charge in [0.1, 0.15) is 5.75 Å². The highest BCUT2D eigenvalue weighted by Gasteiger charge is 2.14. The normalized spacial score (nSPS) is 10.6. The van der Waals surface area contributed by atoms with Crippen molar-refractivity contribution in [3.05, 3.63) is 58.4 Å². The maximum absolute atomic E-state index is 13.9. The number of benzene rings is 2. The number of hydrogen-bond acceptors (Lipinski definition) is 2. The van der Waals surface area contributed by atoms with Crippen LogP contribution in [0.4, 0.5) is 4.39 Å². The van der Waals surface area contributed by atoms with E-state index in [0.29, 0.717) is 11.3 Å². The fourth-order valence-electron chi connectivity index (χ4n) is 1.98. The van der Waals surface area contributed by atoms with E-state index in [9.17, 15) is 9.50 Å². The fraction of sp³-hybridized carbons (Fsp3) is 0.250. The van der Waals surface area contributed by atoms with Gasteiger partial charge in [-0.25, -0.2) is 4.39 Å². The van der Waals surface area contributed by atoms with Gasteiger partial charge in [0, 0.05) is 5.56 Å². The number of aliphatic hydroxyl groups is 1. The molecule has 0 fully saturated rings. The summed E-state index contributed by atoms with van der Waals surface area (Å²) in [6.45, 7) is 5.59. The first-order chi connectivity index (χ1) is 9.04.